The van der Waals surface area contributed by atoms with Crippen LogP contribution in [0.5, 0.6) is 0 Å². The fourth-order valence-corrected chi connectivity index (χ4v) is 1.43. The predicted molar refractivity (Wildman–Crippen MR) is 80.6 cm³/mol. The Morgan fingerprint density at radius 3 is 2.36 bits per heavy atom. The zero-order valence-electron chi connectivity index (χ0n) is 12.1. The number of non-ortho nitro benzene ring substituents is 1. The van der Waals surface area contributed by atoms with Crippen molar-refractivity contribution >= 4 is 17.9 Å². The number of nitrogens with two attached hydrogens (primary N) is 1. The van der Waals surface area contributed by atoms with Crippen molar-refractivity contribution in [2.75, 3.05) is 0 Å². The highest BCUT2D eigenvalue weighted by Crippen LogP contribution is 2.13. The number of benzene rings is 1. The Balaban J connectivity index is 2.97. The third-order valence-corrected chi connectivity index (χ3v) is 2.43. The van der Waals surface area contributed by atoms with Crippen molar-refractivity contribution in [3.05, 3.63) is 50.1 Å². The first-order chi connectivity index (χ1) is 10.3. The highest BCUT2D eigenvalue weighted by Gasteiger charge is 2.12. The van der Waals surface area contributed by atoms with Crippen molar-refractivity contribution in [2.45, 2.75) is 20.4 Å². The van der Waals surface area contributed by atoms with Crippen LogP contribution in [0.15, 0.2) is 34.5 Å². The van der Waals surface area contributed by atoms with Crippen molar-refractivity contribution in [1.82, 2.24) is 5.01 Å². The molecule has 1 rings (SSSR count). The van der Waals surface area contributed by atoms with Gasteiger partial charge in [-0.1, -0.05) is 26.0 Å². The van der Waals surface area contributed by atoms with Crippen LogP contribution in [0.2, 0.25) is 0 Å². The lowest BCUT2D eigenvalue weighted by Crippen LogP contribution is -2.33. The van der Waals surface area contributed by atoms with E-state index in [-0.39, 0.29) is 24.1 Å². The summed E-state index contributed by atoms with van der Waals surface area (Å²) in [6, 6.07) is 5.71. The van der Waals surface area contributed by atoms with E-state index in [1.54, 1.807) is 6.21 Å². The van der Waals surface area contributed by atoms with Gasteiger partial charge in [0, 0.05) is 18.3 Å². The van der Waals surface area contributed by atoms with Crippen LogP contribution < -0.4 is 5.73 Å². The van der Waals surface area contributed by atoms with Gasteiger partial charge in [-0.3, -0.25) is 10.1 Å². The smallest absolute Gasteiger partial charge is 0.289 e. The minimum Gasteiger partial charge on any atom is -0.363 e. The minimum atomic E-state index is -0.914. The van der Waals surface area contributed by atoms with Crippen molar-refractivity contribution in [1.29, 1.82) is 0 Å². The first-order valence-electron chi connectivity index (χ1n) is 6.33. The van der Waals surface area contributed by atoms with Gasteiger partial charge in [-0.15, -0.1) is 0 Å². The molecule has 0 atom stereocenters. The highest BCUT2D eigenvalue weighted by molar-refractivity contribution is 5.78. The van der Waals surface area contributed by atoms with E-state index in [0.29, 0.717) is 5.56 Å². The van der Waals surface area contributed by atoms with Crippen molar-refractivity contribution in [3.63, 3.8) is 0 Å². The van der Waals surface area contributed by atoms with Crippen LogP contribution in [0, 0.1) is 26.1 Å². The molecule has 0 bridgehead atoms. The molecular weight excluding hydrogens is 292 g/mol. The summed E-state index contributed by atoms with van der Waals surface area (Å²) in [5, 5.41) is 28.3. The molecule has 0 heterocycles. The number of nitro benzene ring substituents is 1. The summed E-state index contributed by atoms with van der Waals surface area (Å²) in [5.74, 6) is -0.261. The second-order valence-corrected chi connectivity index (χ2v) is 4.69. The number of nitro groups is 2. The van der Waals surface area contributed by atoms with E-state index < -0.39 is 9.96 Å². The fraction of sp³-hybridized carbons (Fsp3) is 0.333. The average molecular weight is 308 g/mol. The molecule has 0 amide bonds. The van der Waals surface area contributed by atoms with Crippen LogP contribution in [-0.4, -0.2) is 27.1 Å². The van der Waals surface area contributed by atoms with E-state index in [0.717, 1.165) is 5.01 Å². The number of rotatable bonds is 6. The van der Waals surface area contributed by atoms with Crippen molar-refractivity contribution in [3.8, 4) is 0 Å². The zero-order valence-corrected chi connectivity index (χ0v) is 12.1. The van der Waals surface area contributed by atoms with Gasteiger partial charge in [0.15, 0.2) is 5.03 Å². The quantitative estimate of drug-likeness (QED) is 0.366. The topological polar surface area (TPSA) is 140 Å². The van der Waals surface area contributed by atoms with Crippen LogP contribution in [0.25, 0.3) is 0 Å². The molecule has 1 aromatic carbocycles. The molecule has 2 N–H and O–H groups in total. The maximum absolute atomic E-state index is 10.6. The Kier molecular flexibility index (Phi) is 5.93. The van der Waals surface area contributed by atoms with E-state index in [9.17, 15) is 20.2 Å². The molecule has 0 unspecified atom stereocenters. The number of nitrogens with zero attached hydrogens (tertiary/aromatic N) is 5. The Hall–Kier alpha value is -3.04. The first-order valence-corrected chi connectivity index (χ1v) is 6.33. The van der Waals surface area contributed by atoms with Gasteiger partial charge in [0.25, 0.3) is 11.6 Å². The molecule has 0 radical (unpaired) electrons. The SMILES string of the molecule is CC(C)/C=N\N(Cc1ccc([N+](=O)[O-])cc1)/C(N)=N\[N+](=O)[O-]. The van der Waals surface area contributed by atoms with Crippen LogP contribution in [0.3, 0.4) is 0 Å². The largest absolute Gasteiger partial charge is 0.363 e. The van der Waals surface area contributed by atoms with Gasteiger partial charge in [0.05, 0.1) is 11.5 Å². The Morgan fingerprint density at radius 1 is 1.32 bits per heavy atom. The third kappa shape index (κ3) is 5.53. The molecule has 0 saturated carbocycles. The second kappa shape index (κ2) is 7.67. The van der Waals surface area contributed by atoms with Crippen LogP contribution >= 0.6 is 0 Å². The minimum absolute atomic E-state index is 0.0482. The van der Waals surface area contributed by atoms with E-state index >= 15 is 0 Å². The molecule has 22 heavy (non-hydrogen) atoms. The maximum atomic E-state index is 10.6. The average Bonchev–Trinajstić information content (AvgIpc) is 2.42. The molecular formula is C12H16N6O4. The van der Waals surface area contributed by atoms with Gasteiger partial charge in [-0.25, -0.2) is 15.1 Å². The van der Waals surface area contributed by atoms with E-state index in [1.165, 1.54) is 24.3 Å². The molecule has 118 valence electrons. The lowest BCUT2D eigenvalue weighted by Gasteiger charge is -2.16. The molecule has 0 fully saturated rings. The molecule has 1 aromatic rings. The van der Waals surface area contributed by atoms with Gasteiger partial charge in [-0.2, -0.15) is 5.10 Å². The third-order valence-electron chi connectivity index (χ3n) is 2.43. The summed E-state index contributed by atoms with van der Waals surface area (Å²) in [7, 11) is 0. The second-order valence-electron chi connectivity index (χ2n) is 4.69. The molecule has 0 aromatic heterocycles. The monoisotopic (exact) mass is 308 g/mol. The summed E-state index contributed by atoms with van der Waals surface area (Å²) in [4.78, 5) is 20.5. The molecule has 10 heteroatoms. The summed E-state index contributed by atoms with van der Waals surface area (Å²) in [6.07, 6.45) is 1.56. The Morgan fingerprint density at radius 2 is 1.91 bits per heavy atom. The highest BCUT2D eigenvalue weighted by atomic mass is 16.7. The Labute approximate surface area is 126 Å². The molecule has 0 aliphatic rings. The maximum Gasteiger partial charge on any atom is 0.289 e. The summed E-state index contributed by atoms with van der Waals surface area (Å²) in [5.41, 5.74) is 6.14. The van der Waals surface area contributed by atoms with Gasteiger partial charge in [-0.05, 0) is 11.5 Å². The van der Waals surface area contributed by atoms with E-state index in [4.69, 9.17) is 5.73 Å². The number of hydrazone groups is 2. The zero-order chi connectivity index (χ0) is 16.7. The number of hydrogen-bond acceptors (Lipinski definition) is 5. The number of hydrogen-bond donors (Lipinski definition) is 1. The van der Waals surface area contributed by atoms with Crippen LogP contribution in [0.1, 0.15) is 19.4 Å². The molecule has 0 saturated heterocycles. The predicted octanol–water partition coefficient (Wildman–Crippen LogP) is 1.54. The van der Waals surface area contributed by atoms with Gasteiger partial charge in [0.1, 0.15) is 5.10 Å². The van der Waals surface area contributed by atoms with Gasteiger partial charge < -0.3 is 5.73 Å². The molecule has 10 nitrogen and oxygen atoms in total. The normalized spacial score (nSPS) is 11.9. The standard InChI is InChI=1S/C12H16N6O4/c1-9(2)7-14-16(12(13)15-18(21)22)8-10-3-5-11(6-4-10)17(19)20/h3-7,9H,8H2,1-2H3,(H2,13,15)/b14-7-. The van der Waals surface area contributed by atoms with E-state index in [1.807, 2.05) is 13.8 Å². The lowest BCUT2D eigenvalue weighted by atomic mass is 10.2. The van der Waals surface area contributed by atoms with Crippen LogP contribution in [0.4, 0.5) is 5.69 Å². The van der Waals surface area contributed by atoms with Crippen molar-refractivity contribution in [2.24, 2.45) is 21.9 Å². The van der Waals surface area contributed by atoms with E-state index in [2.05, 4.69) is 10.2 Å². The molecule has 0 aliphatic heterocycles. The molecule has 0 spiro atoms. The number of guanidine groups is 1. The fourth-order valence-electron chi connectivity index (χ4n) is 1.43. The summed E-state index contributed by atoms with van der Waals surface area (Å²) >= 11 is 0. The Bertz CT molecular complexity index is 596. The van der Waals surface area contributed by atoms with Crippen molar-refractivity contribution < 1.29 is 9.96 Å². The summed E-state index contributed by atoms with van der Waals surface area (Å²) < 4.78 is 0. The van der Waals surface area contributed by atoms with Gasteiger partial charge in [0.2, 0.25) is 0 Å². The summed E-state index contributed by atoms with van der Waals surface area (Å²) in [6.45, 7) is 3.87. The molecule has 0 aliphatic carbocycles. The van der Waals surface area contributed by atoms with Gasteiger partial charge >= 0.3 is 0 Å². The first kappa shape index (κ1) is 17.0. The lowest BCUT2D eigenvalue weighted by molar-refractivity contribution is -0.485. The van der Waals surface area contributed by atoms with Crippen LogP contribution in [-0.2, 0) is 6.54 Å².